The fourth-order valence-electron chi connectivity index (χ4n) is 3.49. The topological polar surface area (TPSA) is 112 Å². The van der Waals surface area contributed by atoms with Gasteiger partial charge in [0.05, 0.1) is 19.3 Å². The first kappa shape index (κ1) is 24.9. The number of aryl methyl sites for hydroxylation is 1. The predicted molar refractivity (Wildman–Crippen MR) is 117 cm³/mol. The number of amidine groups is 1. The number of nitrogens with zero attached hydrogens (tertiary/aromatic N) is 1. The first-order chi connectivity index (χ1) is 16.1. The molecule has 180 valence electrons. The van der Waals surface area contributed by atoms with E-state index in [2.05, 4.69) is 5.32 Å². The van der Waals surface area contributed by atoms with Gasteiger partial charge in [-0.2, -0.15) is 13.2 Å². The Bertz CT molecular complexity index is 1090. The van der Waals surface area contributed by atoms with Crippen LogP contribution in [0.15, 0.2) is 48.5 Å². The molecule has 1 atom stereocenters. The van der Waals surface area contributed by atoms with Gasteiger partial charge < -0.3 is 20.3 Å². The lowest BCUT2D eigenvalue weighted by Gasteiger charge is -2.35. The quantitative estimate of drug-likeness (QED) is 0.454. The third-order valence-electron chi connectivity index (χ3n) is 5.26. The largest absolute Gasteiger partial charge is 0.471 e. The fraction of sp³-hybridized carbons (Fsp3) is 0.304. The van der Waals surface area contributed by atoms with Crippen LogP contribution in [0.2, 0.25) is 0 Å². The number of carbonyl (C=O) groups is 3. The van der Waals surface area contributed by atoms with Gasteiger partial charge in [-0.1, -0.05) is 24.3 Å². The minimum atomic E-state index is -5.11. The van der Waals surface area contributed by atoms with Gasteiger partial charge in [0, 0.05) is 29.8 Å². The first-order valence-corrected chi connectivity index (χ1v) is 10.4. The summed E-state index contributed by atoms with van der Waals surface area (Å²) in [5.41, 5.74) is 1.14. The molecular formula is C23H23F3N4O4. The average molecular weight is 476 g/mol. The maximum absolute atomic E-state index is 12.8. The number of benzene rings is 2. The van der Waals surface area contributed by atoms with Gasteiger partial charge in [-0.3, -0.25) is 19.8 Å². The number of nitrogens with one attached hydrogen (secondary N) is 3. The molecule has 1 saturated heterocycles. The van der Waals surface area contributed by atoms with Gasteiger partial charge in [-0.15, -0.1) is 0 Å². The van der Waals surface area contributed by atoms with Crippen LogP contribution in [-0.2, 0) is 9.53 Å². The maximum Gasteiger partial charge on any atom is 0.471 e. The van der Waals surface area contributed by atoms with Gasteiger partial charge in [-0.05, 0) is 36.8 Å². The first-order valence-electron chi connectivity index (χ1n) is 10.4. The van der Waals surface area contributed by atoms with E-state index >= 15 is 0 Å². The molecule has 0 radical (unpaired) electrons. The number of hydrogen-bond donors (Lipinski definition) is 3. The third-order valence-corrected chi connectivity index (χ3v) is 5.26. The van der Waals surface area contributed by atoms with Crippen molar-refractivity contribution >= 4 is 23.6 Å². The Balaban J connectivity index is 1.63. The molecule has 11 heteroatoms. The highest BCUT2D eigenvalue weighted by molar-refractivity contribution is 6.08. The Kier molecular flexibility index (Phi) is 7.67. The molecule has 2 aromatic carbocycles. The summed E-state index contributed by atoms with van der Waals surface area (Å²) in [6.45, 7) is 2.67. The van der Waals surface area contributed by atoms with Crippen LogP contribution in [-0.4, -0.2) is 67.0 Å². The lowest BCUT2D eigenvalue weighted by molar-refractivity contribution is -0.171. The molecule has 3 amide bonds. The summed E-state index contributed by atoms with van der Waals surface area (Å²) in [5.74, 6) is -3.59. The van der Waals surface area contributed by atoms with E-state index in [-0.39, 0.29) is 36.2 Å². The van der Waals surface area contributed by atoms with Gasteiger partial charge in [0.15, 0.2) is 0 Å². The van der Waals surface area contributed by atoms with E-state index in [0.717, 1.165) is 0 Å². The molecule has 1 fully saturated rings. The summed E-state index contributed by atoms with van der Waals surface area (Å²) >= 11 is 0. The van der Waals surface area contributed by atoms with E-state index in [1.807, 2.05) is 6.07 Å². The lowest BCUT2D eigenvalue weighted by atomic mass is 10.0. The van der Waals surface area contributed by atoms with Crippen molar-refractivity contribution in [2.24, 2.45) is 0 Å². The zero-order valence-corrected chi connectivity index (χ0v) is 18.2. The molecule has 8 nitrogen and oxygen atoms in total. The smallest absolute Gasteiger partial charge is 0.377 e. The number of halogens is 3. The Morgan fingerprint density at radius 1 is 1.12 bits per heavy atom. The fourth-order valence-corrected chi connectivity index (χ4v) is 3.49. The summed E-state index contributed by atoms with van der Waals surface area (Å²) in [4.78, 5) is 38.2. The van der Waals surface area contributed by atoms with Gasteiger partial charge in [0.2, 0.25) is 0 Å². The molecule has 0 saturated carbocycles. The number of carbonyl (C=O) groups excluding carboxylic acids is 3. The van der Waals surface area contributed by atoms with Crippen LogP contribution in [0, 0.1) is 12.3 Å². The number of alkyl halides is 3. The zero-order chi connectivity index (χ0) is 24.9. The van der Waals surface area contributed by atoms with Gasteiger partial charge in [-0.25, -0.2) is 0 Å². The van der Waals surface area contributed by atoms with E-state index < -0.39 is 23.8 Å². The molecule has 2 aromatic rings. The Morgan fingerprint density at radius 2 is 1.82 bits per heavy atom. The van der Waals surface area contributed by atoms with Crippen LogP contribution in [0.5, 0.6) is 0 Å². The molecule has 1 unspecified atom stereocenters. The molecule has 0 bridgehead atoms. The number of hydrogen-bond acceptors (Lipinski definition) is 5. The number of rotatable bonds is 5. The molecular weight excluding hydrogens is 453 g/mol. The number of ether oxygens (including phenoxy) is 1. The third kappa shape index (κ3) is 5.98. The molecule has 0 spiro atoms. The van der Waals surface area contributed by atoms with E-state index in [1.165, 1.54) is 30.4 Å². The van der Waals surface area contributed by atoms with Gasteiger partial charge in [0.1, 0.15) is 5.84 Å². The molecule has 0 aromatic heterocycles. The SMILES string of the molecule is Cc1cc(C(=O)NCC2COCCN2C(=O)c2ccccc2)ccc1C(=N)NC(=O)C(F)(F)F. The Labute approximate surface area is 193 Å². The van der Waals surface area contributed by atoms with Crippen LogP contribution in [0.1, 0.15) is 31.8 Å². The molecule has 1 heterocycles. The van der Waals surface area contributed by atoms with Crippen LogP contribution in [0.25, 0.3) is 0 Å². The van der Waals surface area contributed by atoms with Crippen molar-refractivity contribution in [3.05, 3.63) is 70.8 Å². The lowest BCUT2D eigenvalue weighted by Crippen LogP contribution is -2.53. The van der Waals surface area contributed by atoms with Crippen LogP contribution in [0.3, 0.4) is 0 Å². The van der Waals surface area contributed by atoms with Crippen molar-refractivity contribution in [2.45, 2.75) is 19.1 Å². The predicted octanol–water partition coefficient (Wildman–Crippen LogP) is 2.27. The van der Waals surface area contributed by atoms with Crippen molar-refractivity contribution in [3.63, 3.8) is 0 Å². The van der Waals surface area contributed by atoms with Gasteiger partial charge in [0.25, 0.3) is 11.8 Å². The number of morpholine rings is 1. The highest BCUT2D eigenvalue weighted by atomic mass is 19.4. The molecule has 0 aliphatic carbocycles. The highest BCUT2D eigenvalue weighted by Gasteiger charge is 2.39. The summed E-state index contributed by atoms with van der Waals surface area (Å²) in [6, 6.07) is 12.4. The second-order valence-corrected chi connectivity index (χ2v) is 7.66. The van der Waals surface area contributed by atoms with E-state index in [4.69, 9.17) is 10.1 Å². The molecule has 34 heavy (non-hydrogen) atoms. The van der Waals surface area contributed by atoms with E-state index in [0.29, 0.717) is 24.3 Å². The van der Waals surface area contributed by atoms with Crippen molar-refractivity contribution in [3.8, 4) is 0 Å². The summed E-state index contributed by atoms with van der Waals surface area (Å²) in [6.07, 6.45) is -5.11. The maximum atomic E-state index is 12.8. The van der Waals surface area contributed by atoms with Crippen molar-refractivity contribution in [2.75, 3.05) is 26.3 Å². The average Bonchev–Trinajstić information content (AvgIpc) is 2.82. The zero-order valence-electron chi connectivity index (χ0n) is 18.2. The van der Waals surface area contributed by atoms with Crippen LogP contribution in [0.4, 0.5) is 13.2 Å². The second-order valence-electron chi connectivity index (χ2n) is 7.66. The van der Waals surface area contributed by atoms with Crippen LogP contribution >= 0.6 is 0 Å². The minimum Gasteiger partial charge on any atom is -0.377 e. The Morgan fingerprint density at radius 3 is 2.47 bits per heavy atom. The van der Waals surface area contributed by atoms with Crippen molar-refractivity contribution in [1.82, 2.24) is 15.5 Å². The van der Waals surface area contributed by atoms with Crippen LogP contribution < -0.4 is 10.6 Å². The molecule has 1 aliphatic heterocycles. The van der Waals surface area contributed by atoms with E-state index in [9.17, 15) is 27.6 Å². The molecule has 1 aliphatic rings. The van der Waals surface area contributed by atoms with Crippen molar-refractivity contribution in [1.29, 1.82) is 5.41 Å². The molecule has 3 rings (SSSR count). The Hall–Kier alpha value is -3.73. The summed E-state index contributed by atoms with van der Waals surface area (Å²) in [5, 5.41) is 12.0. The standard InChI is InChI=1S/C23H23F3N4O4/c1-14-11-16(7-8-18(14)19(27)29-22(33)23(24,25)26)20(31)28-12-17-13-34-10-9-30(17)21(32)15-5-3-2-4-6-15/h2-8,11,17H,9-10,12-13H2,1H3,(H,28,31)(H2,27,29,33). The van der Waals surface area contributed by atoms with Gasteiger partial charge >= 0.3 is 12.1 Å². The summed E-state index contributed by atoms with van der Waals surface area (Å²) < 4.78 is 42.7. The second kappa shape index (κ2) is 10.5. The monoisotopic (exact) mass is 476 g/mol. The number of amides is 3. The summed E-state index contributed by atoms with van der Waals surface area (Å²) in [7, 11) is 0. The normalized spacial score (nSPS) is 16.0. The minimum absolute atomic E-state index is 0.0504. The van der Waals surface area contributed by atoms with Crippen molar-refractivity contribution < 1.29 is 32.3 Å². The molecule has 3 N–H and O–H groups in total. The van der Waals surface area contributed by atoms with E-state index in [1.54, 1.807) is 29.2 Å². The highest BCUT2D eigenvalue weighted by Crippen LogP contribution is 2.17.